The number of fused-ring (bicyclic) bond motifs is 1. The minimum Gasteiger partial charge on any atom is -0.378 e. The first kappa shape index (κ1) is 17.4. The third kappa shape index (κ3) is 3.59. The molecule has 1 aromatic carbocycles. The molecule has 4 rings (SSSR count). The molecule has 27 heavy (non-hydrogen) atoms. The highest BCUT2D eigenvalue weighted by atomic mass is 16.5. The SMILES string of the molecule is C=Cc1cnc2c(c1)NC(c1cccc(CN=O)c1)N=C2N1CCOCC1. The molecular weight excluding hydrogens is 342 g/mol. The van der Waals surface area contributed by atoms with Crippen molar-refractivity contribution in [2.24, 2.45) is 10.2 Å². The van der Waals surface area contributed by atoms with Gasteiger partial charge in [-0.15, -0.1) is 0 Å². The number of anilines is 1. The largest absolute Gasteiger partial charge is 0.378 e. The third-order valence-electron chi connectivity index (χ3n) is 4.72. The minimum absolute atomic E-state index is 0.152. The van der Waals surface area contributed by atoms with Gasteiger partial charge >= 0.3 is 0 Å². The first-order valence-electron chi connectivity index (χ1n) is 8.96. The van der Waals surface area contributed by atoms with Gasteiger partial charge in [0.1, 0.15) is 18.4 Å². The molecule has 138 valence electrons. The number of aromatic nitrogens is 1. The lowest BCUT2D eigenvalue weighted by atomic mass is 10.1. The predicted octanol–water partition coefficient (Wildman–Crippen LogP) is 3.19. The zero-order chi connectivity index (χ0) is 18.6. The van der Waals surface area contributed by atoms with E-state index in [0.29, 0.717) is 13.2 Å². The van der Waals surface area contributed by atoms with E-state index in [1.54, 1.807) is 12.3 Å². The van der Waals surface area contributed by atoms with Gasteiger partial charge in [0.2, 0.25) is 0 Å². The number of amidine groups is 1. The van der Waals surface area contributed by atoms with Crippen LogP contribution in [0.25, 0.3) is 6.08 Å². The van der Waals surface area contributed by atoms with E-state index < -0.39 is 0 Å². The summed E-state index contributed by atoms with van der Waals surface area (Å²) in [6.07, 6.45) is 3.32. The van der Waals surface area contributed by atoms with Crippen molar-refractivity contribution in [2.75, 3.05) is 31.6 Å². The molecule has 3 heterocycles. The van der Waals surface area contributed by atoms with Gasteiger partial charge in [0, 0.05) is 19.3 Å². The normalized spacial score (nSPS) is 18.9. The second-order valence-electron chi connectivity index (χ2n) is 6.50. The van der Waals surface area contributed by atoms with Gasteiger partial charge in [-0.2, -0.15) is 4.91 Å². The summed E-state index contributed by atoms with van der Waals surface area (Å²) in [7, 11) is 0. The van der Waals surface area contributed by atoms with Gasteiger partial charge in [0.05, 0.1) is 18.9 Å². The Bertz CT molecular complexity index is 890. The van der Waals surface area contributed by atoms with E-state index in [1.165, 1.54) is 0 Å². The first-order valence-corrected chi connectivity index (χ1v) is 8.96. The Morgan fingerprint density at radius 3 is 2.96 bits per heavy atom. The van der Waals surface area contributed by atoms with Crippen molar-refractivity contribution in [1.82, 2.24) is 9.88 Å². The number of benzene rings is 1. The third-order valence-corrected chi connectivity index (χ3v) is 4.72. The number of hydrogen-bond donors (Lipinski definition) is 1. The Balaban J connectivity index is 1.75. The fourth-order valence-electron chi connectivity index (χ4n) is 3.34. The van der Waals surface area contributed by atoms with Crippen molar-refractivity contribution >= 4 is 17.6 Å². The summed E-state index contributed by atoms with van der Waals surface area (Å²) in [5.74, 6) is 0.867. The summed E-state index contributed by atoms with van der Waals surface area (Å²) in [4.78, 5) is 22.4. The van der Waals surface area contributed by atoms with Crippen molar-refractivity contribution in [3.05, 3.63) is 70.4 Å². The molecule has 1 aromatic heterocycles. The van der Waals surface area contributed by atoms with E-state index in [1.807, 2.05) is 30.3 Å². The number of nitrogens with zero attached hydrogens (tertiary/aromatic N) is 4. The second-order valence-corrected chi connectivity index (χ2v) is 6.50. The predicted molar refractivity (Wildman–Crippen MR) is 106 cm³/mol. The van der Waals surface area contributed by atoms with Crippen LogP contribution in [-0.4, -0.2) is 42.0 Å². The lowest BCUT2D eigenvalue weighted by Gasteiger charge is -2.34. The second kappa shape index (κ2) is 7.67. The Hall–Kier alpha value is -3.06. The molecule has 0 aliphatic carbocycles. The maximum atomic E-state index is 10.6. The molecule has 1 atom stereocenters. The van der Waals surface area contributed by atoms with Crippen LogP contribution in [0.15, 0.2) is 53.3 Å². The number of rotatable bonds is 4. The summed E-state index contributed by atoms with van der Waals surface area (Å²) in [5.41, 5.74) is 4.56. The topological polar surface area (TPSA) is 79.2 Å². The molecule has 0 amide bonds. The average molecular weight is 363 g/mol. The zero-order valence-electron chi connectivity index (χ0n) is 15.0. The van der Waals surface area contributed by atoms with Gasteiger partial charge in [-0.05, 0) is 28.8 Å². The minimum atomic E-state index is -0.260. The summed E-state index contributed by atoms with van der Waals surface area (Å²) in [5, 5.41) is 6.45. The molecular formula is C20H21N5O2. The first-order chi connectivity index (χ1) is 13.3. The maximum absolute atomic E-state index is 10.6. The van der Waals surface area contributed by atoms with E-state index in [0.717, 1.165) is 47.0 Å². The van der Waals surface area contributed by atoms with Gasteiger partial charge in [0.15, 0.2) is 5.84 Å². The molecule has 0 bridgehead atoms. The van der Waals surface area contributed by atoms with Crippen molar-refractivity contribution in [2.45, 2.75) is 12.7 Å². The summed E-state index contributed by atoms with van der Waals surface area (Å²) in [6.45, 7) is 6.91. The van der Waals surface area contributed by atoms with E-state index in [9.17, 15) is 4.91 Å². The van der Waals surface area contributed by atoms with Crippen molar-refractivity contribution in [3.63, 3.8) is 0 Å². The van der Waals surface area contributed by atoms with Crippen LogP contribution in [-0.2, 0) is 11.3 Å². The summed E-state index contributed by atoms with van der Waals surface area (Å²) < 4.78 is 5.48. The van der Waals surface area contributed by atoms with Crippen molar-refractivity contribution in [1.29, 1.82) is 0 Å². The smallest absolute Gasteiger partial charge is 0.154 e. The molecule has 2 aliphatic heterocycles. The van der Waals surface area contributed by atoms with Crippen molar-refractivity contribution < 1.29 is 4.74 Å². The molecule has 7 nitrogen and oxygen atoms in total. The van der Waals surface area contributed by atoms with E-state index >= 15 is 0 Å². The standard InChI is InChI=1S/C20H21N5O2/c1-2-14-11-17-18(21-12-14)20(25-6-8-27-9-7-25)24-19(23-17)16-5-3-4-15(10-16)13-22-26/h2-5,10-12,19,23H,1,6-9,13H2. The van der Waals surface area contributed by atoms with Gasteiger partial charge in [0.25, 0.3) is 0 Å². The number of hydrogen-bond acceptors (Lipinski definition) is 7. The van der Waals surface area contributed by atoms with Crippen molar-refractivity contribution in [3.8, 4) is 0 Å². The monoisotopic (exact) mass is 363 g/mol. The number of nitrogens with one attached hydrogen (secondary N) is 1. The van der Waals surface area contributed by atoms with Crippen LogP contribution in [0, 0.1) is 4.91 Å². The number of morpholine rings is 1. The molecule has 2 aromatic rings. The van der Waals surface area contributed by atoms with Crippen LogP contribution in [0.1, 0.15) is 28.6 Å². The Morgan fingerprint density at radius 2 is 2.19 bits per heavy atom. The van der Waals surface area contributed by atoms with E-state index in [2.05, 4.69) is 27.0 Å². The molecule has 1 fully saturated rings. The highest BCUT2D eigenvalue weighted by molar-refractivity contribution is 6.03. The summed E-state index contributed by atoms with van der Waals surface area (Å²) in [6, 6.07) is 9.83. The van der Waals surface area contributed by atoms with Crippen LogP contribution < -0.4 is 5.32 Å². The highest BCUT2D eigenvalue weighted by Gasteiger charge is 2.27. The van der Waals surface area contributed by atoms with Gasteiger partial charge in [-0.1, -0.05) is 36.0 Å². The van der Waals surface area contributed by atoms with E-state index in [4.69, 9.17) is 9.73 Å². The number of nitroso groups, excluding NO2 is 1. The lowest BCUT2D eigenvalue weighted by molar-refractivity contribution is 0.0679. The summed E-state index contributed by atoms with van der Waals surface area (Å²) >= 11 is 0. The molecule has 0 spiro atoms. The van der Waals surface area contributed by atoms with Crippen LogP contribution in [0.4, 0.5) is 5.69 Å². The van der Waals surface area contributed by atoms with Crippen LogP contribution >= 0.6 is 0 Å². The maximum Gasteiger partial charge on any atom is 0.154 e. The number of ether oxygens (including phenoxy) is 1. The van der Waals surface area contributed by atoms with Gasteiger partial charge in [-0.25, -0.2) is 4.99 Å². The molecule has 0 radical (unpaired) electrons. The Labute approximate surface area is 157 Å². The molecule has 1 unspecified atom stereocenters. The molecule has 1 N–H and O–H groups in total. The van der Waals surface area contributed by atoms with Gasteiger partial charge < -0.3 is 15.0 Å². The Morgan fingerprint density at radius 1 is 1.33 bits per heavy atom. The van der Waals surface area contributed by atoms with E-state index in [-0.39, 0.29) is 12.7 Å². The Kier molecular flexibility index (Phi) is 4.93. The van der Waals surface area contributed by atoms with Crippen LogP contribution in [0.5, 0.6) is 0 Å². The lowest BCUT2D eigenvalue weighted by Crippen LogP contribution is -2.43. The fourth-order valence-corrected chi connectivity index (χ4v) is 3.34. The zero-order valence-corrected chi connectivity index (χ0v) is 15.0. The highest BCUT2D eigenvalue weighted by Crippen LogP contribution is 2.31. The number of pyridine rings is 1. The molecule has 7 heteroatoms. The fraction of sp³-hybridized carbons (Fsp3) is 0.300. The molecule has 2 aliphatic rings. The van der Waals surface area contributed by atoms with Crippen LogP contribution in [0.3, 0.4) is 0 Å². The van der Waals surface area contributed by atoms with Crippen LogP contribution in [0.2, 0.25) is 0 Å². The number of aliphatic imine (C=N–C) groups is 1. The average Bonchev–Trinajstić information content (AvgIpc) is 2.73. The molecule has 1 saturated heterocycles. The quantitative estimate of drug-likeness (QED) is 0.844. The molecule has 0 saturated carbocycles. The van der Waals surface area contributed by atoms with Gasteiger partial charge in [-0.3, -0.25) is 4.98 Å².